The van der Waals surface area contributed by atoms with Gasteiger partial charge in [-0.15, -0.1) is 0 Å². The maximum Gasteiger partial charge on any atom is 0.0471 e. The molecule has 0 aliphatic heterocycles. The maximum absolute atomic E-state index is 3.98. The average Bonchev–Trinajstić information content (AvgIpc) is 2.43. The van der Waals surface area contributed by atoms with Gasteiger partial charge in [-0.2, -0.15) is 0 Å². The van der Waals surface area contributed by atoms with Gasteiger partial charge in [0.25, 0.3) is 0 Å². The van der Waals surface area contributed by atoms with Crippen LogP contribution >= 0.6 is 0 Å². The quantitative estimate of drug-likeness (QED) is 0.669. The fraction of sp³-hybridized carbons (Fsp3) is 0.385. The third-order valence-electron chi connectivity index (χ3n) is 2.62. The lowest BCUT2D eigenvalue weighted by molar-refractivity contribution is 0.770. The molecule has 0 atom stereocenters. The van der Waals surface area contributed by atoms with Crippen molar-refractivity contribution in [1.82, 2.24) is 4.57 Å². The summed E-state index contributed by atoms with van der Waals surface area (Å²) in [5, 5.41) is 2.27. The number of allylic oxidation sites excluding steroid dienone is 2. The van der Waals surface area contributed by atoms with E-state index in [1.54, 1.807) is 0 Å². The molecule has 0 unspecified atom stereocenters. The molecule has 0 N–H and O–H groups in total. The van der Waals surface area contributed by atoms with Crippen molar-refractivity contribution in [3.05, 3.63) is 34.5 Å². The van der Waals surface area contributed by atoms with Crippen LogP contribution in [0, 0.1) is 5.92 Å². The summed E-state index contributed by atoms with van der Waals surface area (Å²) in [6, 6.07) is 2.03. The average molecular weight is 189 g/mol. The fourth-order valence-corrected chi connectivity index (χ4v) is 1.22. The predicted octanol–water partition coefficient (Wildman–Crippen LogP) is 1.82. The molecule has 0 spiro atoms. The topological polar surface area (TPSA) is 4.93 Å². The van der Waals surface area contributed by atoms with Crippen LogP contribution in [0.3, 0.4) is 0 Å². The van der Waals surface area contributed by atoms with E-state index >= 15 is 0 Å². The highest BCUT2D eigenvalue weighted by Gasteiger charge is 1.93. The standard InChI is InChI=1S/C13H19N/c1-10(2)11(3)6-7-13-12(4)8-9-14(13)5/h6-10H,4H2,1-3,5H3/b11-6+,13-7+. The third-order valence-corrected chi connectivity index (χ3v) is 2.62. The first-order chi connectivity index (χ1) is 6.52. The Labute approximate surface area is 86.1 Å². The number of rotatable bonds is 2. The molecule has 0 aromatic carbocycles. The van der Waals surface area contributed by atoms with Crippen molar-refractivity contribution in [1.29, 1.82) is 0 Å². The van der Waals surface area contributed by atoms with Gasteiger partial charge >= 0.3 is 0 Å². The normalized spacial score (nSPS) is 14.1. The van der Waals surface area contributed by atoms with Crippen LogP contribution in [0.4, 0.5) is 0 Å². The summed E-state index contributed by atoms with van der Waals surface area (Å²) in [5.74, 6) is 0.611. The first kappa shape index (κ1) is 10.8. The van der Waals surface area contributed by atoms with Crippen LogP contribution in [0.1, 0.15) is 20.8 Å². The van der Waals surface area contributed by atoms with Gasteiger partial charge in [-0.25, -0.2) is 0 Å². The van der Waals surface area contributed by atoms with Crippen LogP contribution in [0.2, 0.25) is 0 Å². The third kappa shape index (κ3) is 2.38. The maximum atomic E-state index is 3.98. The summed E-state index contributed by atoms with van der Waals surface area (Å²) in [6.07, 6.45) is 6.35. The van der Waals surface area contributed by atoms with E-state index in [0.717, 1.165) is 5.22 Å². The Morgan fingerprint density at radius 3 is 2.57 bits per heavy atom. The summed E-state index contributed by atoms with van der Waals surface area (Å²) in [5.41, 5.74) is 1.39. The Morgan fingerprint density at radius 2 is 2.14 bits per heavy atom. The van der Waals surface area contributed by atoms with E-state index in [4.69, 9.17) is 0 Å². The minimum atomic E-state index is 0.611. The van der Waals surface area contributed by atoms with Gasteiger partial charge in [0.2, 0.25) is 0 Å². The molecule has 0 aliphatic carbocycles. The van der Waals surface area contributed by atoms with Gasteiger partial charge in [-0.05, 0) is 30.2 Å². The summed E-state index contributed by atoms with van der Waals surface area (Å²) in [7, 11) is 2.04. The van der Waals surface area contributed by atoms with Crippen molar-refractivity contribution < 1.29 is 0 Å². The van der Waals surface area contributed by atoms with Crippen molar-refractivity contribution >= 4 is 12.7 Å². The van der Waals surface area contributed by atoms with Crippen molar-refractivity contribution in [2.45, 2.75) is 20.8 Å². The van der Waals surface area contributed by atoms with E-state index in [9.17, 15) is 0 Å². The summed E-state index contributed by atoms with van der Waals surface area (Å²) < 4.78 is 2.09. The van der Waals surface area contributed by atoms with Crippen molar-refractivity contribution in [2.24, 2.45) is 13.0 Å². The molecule has 1 rings (SSSR count). The van der Waals surface area contributed by atoms with E-state index in [1.165, 1.54) is 10.9 Å². The fourth-order valence-electron chi connectivity index (χ4n) is 1.22. The highest BCUT2D eigenvalue weighted by atomic mass is 14.9. The second kappa shape index (κ2) is 4.32. The van der Waals surface area contributed by atoms with Gasteiger partial charge < -0.3 is 4.57 Å². The van der Waals surface area contributed by atoms with Crippen LogP contribution in [0.15, 0.2) is 23.9 Å². The van der Waals surface area contributed by atoms with Crippen LogP contribution < -0.4 is 10.6 Å². The monoisotopic (exact) mass is 189 g/mol. The minimum Gasteiger partial charge on any atom is -0.351 e. The summed E-state index contributed by atoms with van der Waals surface area (Å²) in [6.45, 7) is 10.6. The van der Waals surface area contributed by atoms with Crippen LogP contribution in [0.25, 0.3) is 12.7 Å². The smallest absolute Gasteiger partial charge is 0.0471 e. The Balaban J connectivity index is 3.12. The summed E-state index contributed by atoms with van der Waals surface area (Å²) >= 11 is 0. The van der Waals surface area contributed by atoms with E-state index in [2.05, 4.69) is 44.1 Å². The van der Waals surface area contributed by atoms with Gasteiger partial charge in [-0.1, -0.05) is 32.1 Å². The molecule has 1 aromatic rings. The van der Waals surface area contributed by atoms with Crippen molar-refractivity contribution in [3.8, 4) is 0 Å². The molecule has 0 fully saturated rings. The zero-order chi connectivity index (χ0) is 10.7. The number of aryl methyl sites for hydroxylation is 1. The first-order valence-electron chi connectivity index (χ1n) is 5.01. The van der Waals surface area contributed by atoms with Crippen LogP contribution in [0.5, 0.6) is 0 Å². The number of aromatic nitrogens is 1. The molecule has 14 heavy (non-hydrogen) atoms. The lowest BCUT2D eigenvalue weighted by atomic mass is 10.1. The van der Waals surface area contributed by atoms with E-state index < -0.39 is 0 Å². The molecule has 0 radical (unpaired) electrons. The van der Waals surface area contributed by atoms with Crippen molar-refractivity contribution in [3.63, 3.8) is 0 Å². The molecule has 0 saturated heterocycles. The SMILES string of the molecule is C=c1ccn(C)/c1=C/C=C(\C)C(C)C. The highest BCUT2D eigenvalue weighted by molar-refractivity contribution is 5.38. The van der Waals surface area contributed by atoms with Gasteiger partial charge in [0.05, 0.1) is 0 Å². The van der Waals surface area contributed by atoms with Crippen LogP contribution in [-0.4, -0.2) is 4.57 Å². The second-order valence-electron chi connectivity index (χ2n) is 4.07. The number of nitrogens with zero attached hydrogens (tertiary/aromatic N) is 1. The zero-order valence-corrected chi connectivity index (χ0v) is 9.54. The van der Waals surface area contributed by atoms with E-state index in [0.29, 0.717) is 5.92 Å². The Bertz CT molecular complexity index is 432. The lowest BCUT2D eigenvalue weighted by Gasteiger charge is -2.01. The van der Waals surface area contributed by atoms with Gasteiger partial charge in [0.1, 0.15) is 0 Å². The largest absolute Gasteiger partial charge is 0.351 e. The highest BCUT2D eigenvalue weighted by Crippen LogP contribution is 2.06. The summed E-state index contributed by atoms with van der Waals surface area (Å²) in [4.78, 5) is 0. The number of hydrogen-bond acceptors (Lipinski definition) is 0. The Hall–Kier alpha value is -1.24. The molecule has 1 heteroatoms. The first-order valence-corrected chi connectivity index (χ1v) is 5.01. The Morgan fingerprint density at radius 1 is 1.50 bits per heavy atom. The second-order valence-corrected chi connectivity index (χ2v) is 4.07. The zero-order valence-electron chi connectivity index (χ0n) is 9.54. The molecule has 1 heterocycles. The molecule has 0 saturated carbocycles. The van der Waals surface area contributed by atoms with Gasteiger partial charge in [0.15, 0.2) is 0 Å². The van der Waals surface area contributed by atoms with E-state index in [-0.39, 0.29) is 0 Å². The van der Waals surface area contributed by atoms with E-state index in [1.807, 2.05) is 19.3 Å². The van der Waals surface area contributed by atoms with Crippen molar-refractivity contribution in [2.75, 3.05) is 0 Å². The van der Waals surface area contributed by atoms with Gasteiger partial charge in [0, 0.05) is 18.6 Å². The lowest BCUT2D eigenvalue weighted by Crippen LogP contribution is -2.25. The minimum absolute atomic E-state index is 0.611. The molecule has 0 amide bonds. The predicted molar refractivity (Wildman–Crippen MR) is 63.2 cm³/mol. The molecule has 1 aromatic heterocycles. The molecular weight excluding hydrogens is 170 g/mol. The molecular formula is C13H19N. The van der Waals surface area contributed by atoms with Gasteiger partial charge in [-0.3, -0.25) is 0 Å². The molecule has 76 valence electrons. The number of hydrogen-bond donors (Lipinski definition) is 0. The molecule has 1 nitrogen and oxygen atoms in total. The molecule has 0 aliphatic rings. The Kier molecular flexibility index (Phi) is 3.34. The molecule has 0 bridgehead atoms. The van der Waals surface area contributed by atoms with Crippen LogP contribution in [-0.2, 0) is 7.05 Å².